The predicted octanol–water partition coefficient (Wildman–Crippen LogP) is -1.59. The van der Waals surface area contributed by atoms with Crippen LogP contribution in [0.4, 0.5) is 0 Å². The number of nitrogens with zero attached hydrogens (tertiary/aromatic N) is 1. The van der Waals surface area contributed by atoms with E-state index < -0.39 is 65.7 Å². The van der Waals surface area contributed by atoms with Crippen LogP contribution < -0.4 is 4.74 Å². The first-order valence-electron chi connectivity index (χ1n) is 12.2. The van der Waals surface area contributed by atoms with Crippen LogP contribution in [0.2, 0.25) is 0 Å². The summed E-state index contributed by atoms with van der Waals surface area (Å²) in [6.07, 6.45) is -6.87. The number of phenolic OH excluding ortho intramolecular Hbond substituents is 1. The highest BCUT2D eigenvalue weighted by Crippen LogP contribution is 2.65. The summed E-state index contributed by atoms with van der Waals surface area (Å²) in [5, 5.41) is 59.6. The van der Waals surface area contributed by atoms with E-state index in [1.807, 2.05) is 7.05 Å². The van der Waals surface area contributed by atoms with Gasteiger partial charge in [-0.25, -0.2) is 14.4 Å². The number of hydrogen-bond acceptors (Lipinski definition) is 12. The minimum atomic E-state index is -2.59. The van der Waals surface area contributed by atoms with E-state index in [-0.39, 0.29) is 29.7 Å². The van der Waals surface area contributed by atoms with Gasteiger partial charge in [-0.05, 0) is 44.1 Å². The highest BCUT2D eigenvalue weighted by molar-refractivity contribution is 5.87. The molecule has 0 unspecified atom stereocenters. The molecule has 2 heterocycles. The molecule has 0 aromatic heterocycles. The third-order valence-corrected chi connectivity index (χ3v) is 8.26. The van der Waals surface area contributed by atoms with Crippen molar-refractivity contribution in [3.8, 4) is 11.5 Å². The third-order valence-electron chi connectivity index (χ3n) is 8.26. The van der Waals surface area contributed by atoms with Crippen molar-refractivity contribution < 1.29 is 64.0 Å². The van der Waals surface area contributed by atoms with Gasteiger partial charge in [-0.2, -0.15) is 0 Å². The summed E-state index contributed by atoms with van der Waals surface area (Å²) in [7, 11) is 1.91. The number of aliphatic hydroxyl groups excluding tert-OH is 2. The van der Waals surface area contributed by atoms with Gasteiger partial charge < -0.3 is 49.7 Å². The van der Waals surface area contributed by atoms with Gasteiger partial charge in [-0.3, -0.25) is 4.79 Å². The van der Waals surface area contributed by atoms with E-state index in [9.17, 15) is 44.7 Å². The largest absolute Gasteiger partial charge is 0.504 e. The Hall–Kier alpha value is -3.72. The van der Waals surface area contributed by atoms with Crippen LogP contribution in [0.25, 0.3) is 0 Å². The predicted molar refractivity (Wildman–Crippen MR) is 124 cm³/mol. The van der Waals surface area contributed by atoms with Crippen LogP contribution in [0.1, 0.15) is 30.4 Å². The molecule has 7 atom stereocenters. The van der Waals surface area contributed by atoms with Crippen molar-refractivity contribution in [3.63, 3.8) is 0 Å². The molecular weight excluding hydrogens is 522 g/mol. The lowest BCUT2D eigenvalue weighted by Gasteiger charge is -2.61. The van der Waals surface area contributed by atoms with Gasteiger partial charge in [0.05, 0.1) is 17.4 Å². The number of esters is 2. The van der Waals surface area contributed by atoms with Crippen molar-refractivity contribution in [1.82, 2.24) is 4.90 Å². The Morgan fingerprint density at radius 1 is 1.15 bits per heavy atom. The maximum Gasteiger partial charge on any atom is 0.345 e. The van der Waals surface area contributed by atoms with Gasteiger partial charge in [0.1, 0.15) is 5.76 Å². The first kappa shape index (κ1) is 26.9. The van der Waals surface area contributed by atoms with Crippen LogP contribution in [0.5, 0.6) is 11.5 Å². The van der Waals surface area contributed by atoms with Crippen LogP contribution in [0.3, 0.4) is 0 Å². The minimum Gasteiger partial charge on any atom is -0.504 e. The first-order valence-corrected chi connectivity index (χ1v) is 12.2. The molecule has 1 aromatic carbocycles. The van der Waals surface area contributed by atoms with E-state index in [4.69, 9.17) is 14.6 Å². The summed E-state index contributed by atoms with van der Waals surface area (Å²) in [6, 6.07) is 3.00. The number of carbonyl (C=O) groups excluding carboxylic acids is 2. The zero-order valence-electron chi connectivity index (χ0n) is 20.6. The van der Waals surface area contributed by atoms with E-state index in [0.717, 1.165) is 5.56 Å². The van der Waals surface area contributed by atoms with Crippen molar-refractivity contribution in [2.75, 3.05) is 13.6 Å². The molecule has 0 radical (unpaired) electrons. The Morgan fingerprint density at radius 2 is 1.87 bits per heavy atom. The first-order chi connectivity index (χ1) is 18.3. The highest BCUT2D eigenvalue weighted by atomic mass is 16.6. The van der Waals surface area contributed by atoms with Gasteiger partial charge in [0.25, 0.3) is 0 Å². The number of aliphatic hydroxyl groups is 3. The molecule has 14 nitrogen and oxygen atoms in total. The van der Waals surface area contributed by atoms with Crippen LogP contribution in [0.15, 0.2) is 24.0 Å². The number of phenols is 1. The fourth-order valence-electron chi connectivity index (χ4n) is 6.42. The Labute approximate surface area is 220 Å². The van der Waals surface area contributed by atoms with Gasteiger partial charge in [-0.1, -0.05) is 6.07 Å². The Kier molecular flexibility index (Phi) is 6.33. The zero-order chi connectivity index (χ0) is 28.4. The van der Waals surface area contributed by atoms with E-state index in [0.29, 0.717) is 24.9 Å². The molecule has 5 rings (SSSR count). The standard InChI is InChI=1S/C25H27NO13/c1-26-7-6-24-16-10-2-3-11(27)19(16)39-20(24)12(4-5-25(24,36)14(26)8-10)37-15(28)9-13(21(31)32)38-23(35)18(30)17(29)22(33)34/h2-4,13-14,17-18,20,27,29-30,36H,5-9H2,1H3,(H,31,32)(H,33,34)/t13-,14-,17+,18+,20-,24-,25+/m0/s1. The molecule has 210 valence electrons. The lowest BCUT2D eigenvalue weighted by Crippen LogP contribution is -2.74. The number of likely N-dealkylation sites (N-methyl/N-ethyl adjacent to an activating group) is 1. The lowest BCUT2D eigenvalue weighted by atomic mass is 9.50. The number of likely N-dealkylation sites (tertiary alicyclic amines) is 1. The molecule has 1 saturated heterocycles. The number of aromatic hydroxyl groups is 1. The molecule has 1 fully saturated rings. The van der Waals surface area contributed by atoms with Gasteiger partial charge in [0, 0.05) is 18.0 Å². The van der Waals surface area contributed by atoms with Gasteiger partial charge >= 0.3 is 23.9 Å². The normalized spacial score (nSPS) is 30.6. The smallest absolute Gasteiger partial charge is 0.345 e. The van der Waals surface area contributed by atoms with Crippen molar-refractivity contribution in [2.24, 2.45) is 0 Å². The molecule has 2 aliphatic heterocycles. The maximum atomic E-state index is 12.8. The number of rotatable bonds is 8. The highest BCUT2D eigenvalue weighted by Gasteiger charge is 2.72. The second-order valence-corrected chi connectivity index (χ2v) is 10.3. The molecule has 2 aliphatic carbocycles. The van der Waals surface area contributed by atoms with Crippen molar-refractivity contribution in [2.45, 2.75) is 67.2 Å². The fraction of sp³-hybridized carbons (Fsp3) is 0.520. The third kappa shape index (κ3) is 3.85. The number of ether oxygens (including phenoxy) is 3. The number of carboxylic acid groups (broad SMARTS) is 2. The SMILES string of the molecule is CN1CC[C@]23c4c5ccc(O)c4O[C@H]2C(OC(=O)C[C@H](OC(=O)[C@H](O)[C@@H](O)C(=O)O)C(=O)O)=CC[C@@]3(O)[C@@H]1C5. The lowest BCUT2D eigenvalue weighted by molar-refractivity contribution is -0.181. The molecule has 39 heavy (non-hydrogen) atoms. The van der Waals surface area contributed by atoms with Crippen molar-refractivity contribution >= 4 is 23.9 Å². The average Bonchev–Trinajstić information content (AvgIpc) is 3.24. The monoisotopic (exact) mass is 549 g/mol. The number of piperidine rings is 1. The number of hydrogen-bond donors (Lipinski definition) is 6. The summed E-state index contributed by atoms with van der Waals surface area (Å²) in [6.45, 7) is 0.587. The van der Waals surface area contributed by atoms with E-state index in [2.05, 4.69) is 9.64 Å². The summed E-state index contributed by atoms with van der Waals surface area (Å²) in [5.74, 6) is -6.60. The second kappa shape index (κ2) is 9.19. The minimum absolute atomic E-state index is 0.00627. The van der Waals surface area contributed by atoms with Crippen LogP contribution >= 0.6 is 0 Å². The van der Waals surface area contributed by atoms with Gasteiger partial charge in [-0.15, -0.1) is 0 Å². The van der Waals surface area contributed by atoms with Crippen LogP contribution in [-0.4, -0.2) is 109 Å². The Morgan fingerprint density at radius 3 is 2.54 bits per heavy atom. The van der Waals surface area contributed by atoms with Gasteiger partial charge in [0.15, 0.2) is 29.8 Å². The molecule has 14 heteroatoms. The quantitative estimate of drug-likeness (QED) is 0.201. The molecule has 0 amide bonds. The fourth-order valence-corrected chi connectivity index (χ4v) is 6.42. The number of carbonyl (C=O) groups is 4. The average molecular weight is 549 g/mol. The second-order valence-electron chi connectivity index (χ2n) is 10.3. The van der Waals surface area contributed by atoms with Gasteiger partial charge in [0.2, 0.25) is 6.10 Å². The van der Waals surface area contributed by atoms with E-state index in [1.54, 1.807) is 6.07 Å². The summed E-state index contributed by atoms with van der Waals surface area (Å²) < 4.78 is 16.2. The molecule has 1 aromatic rings. The topological polar surface area (TPSA) is 221 Å². The maximum absolute atomic E-state index is 12.8. The van der Waals surface area contributed by atoms with Crippen LogP contribution in [-0.2, 0) is 40.5 Å². The van der Waals surface area contributed by atoms with E-state index in [1.165, 1.54) is 12.1 Å². The van der Waals surface area contributed by atoms with Crippen molar-refractivity contribution in [3.05, 3.63) is 35.1 Å². The summed E-state index contributed by atoms with van der Waals surface area (Å²) in [4.78, 5) is 49.2. The molecule has 2 bridgehead atoms. The number of carboxylic acids is 2. The number of benzene rings is 1. The summed E-state index contributed by atoms with van der Waals surface area (Å²) >= 11 is 0. The molecule has 6 N–H and O–H groups in total. The zero-order valence-corrected chi connectivity index (χ0v) is 20.6. The molecule has 4 aliphatic rings. The summed E-state index contributed by atoms with van der Waals surface area (Å²) in [5.41, 5.74) is -0.818. The Balaban J connectivity index is 1.39. The number of aliphatic carboxylic acids is 2. The molecule has 0 saturated carbocycles. The Bertz CT molecular complexity index is 1290. The molecular formula is C25H27NO13. The van der Waals surface area contributed by atoms with Crippen LogP contribution in [0, 0.1) is 0 Å². The van der Waals surface area contributed by atoms with E-state index >= 15 is 0 Å². The molecule has 1 spiro atoms. The van der Waals surface area contributed by atoms with Crippen molar-refractivity contribution in [1.29, 1.82) is 0 Å².